The van der Waals surface area contributed by atoms with Crippen molar-refractivity contribution < 1.29 is 14.4 Å². The fourth-order valence-electron chi connectivity index (χ4n) is 2.81. The third-order valence-corrected chi connectivity index (χ3v) is 5.36. The van der Waals surface area contributed by atoms with Crippen molar-refractivity contribution in [1.82, 2.24) is 5.32 Å². The van der Waals surface area contributed by atoms with E-state index in [-0.39, 0.29) is 23.8 Å². The van der Waals surface area contributed by atoms with Crippen LogP contribution in [0.25, 0.3) is 0 Å². The molecule has 0 saturated carbocycles. The molecule has 7 heteroatoms. The maximum absolute atomic E-state index is 12.7. The second-order valence-electron chi connectivity index (χ2n) is 6.73. The Morgan fingerprint density at radius 1 is 0.900 bits per heavy atom. The van der Waals surface area contributed by atoms with Crippen LogP contribution in [0.4, 0.5) is 11.4 Å². The maximum atomic E-state index is 12.7. The Hall–Kier alpha value is -3.45. The number of hydrogen-bond donors (Lipinski definition) is 3. The van der Waals surface area contributed by atoms with Crippen LogP contribution in [0, 0.1) is 0 Å². The van der Waals surface area contributed by atoms with Crippen molar-refractivity contribution in [2.75, 3.05) is 10.6 Å². The zero-order valence-corrected chi connectivity index (χ0v) is 17.6. The average Bonchev–Trinajstić information content (AvgIpc) is 3.29. The maximum Gasteiger partial charge on any atom is 0.265 e. The number of thiophene rings is 1. The summed E-state index contributed by atoms with van der Waals surface area (Å²) in [7, 11) is 0. The number of rotatable bonds is 7. The van der Waals surface area contributed by atoms with Crippen molar-refractivity contribution in [3.8, 4) is 0 Å². The van der Waals surface area contributed by atoms with Gasteiger partial charge in [-0.05, 0) is 54.3 Å². The van der Waals surface area contributed by atoms with Gasteiger partial charge in [-0.25, -0.2) is 0 Å². The van der Waals surface area contributed by atoms with Gasteiger partial charge in [-0.2, -0.15) is 0 Å². The van der Waals surface area contributed by atoms with E-state index in [2.05, 4.69) is 16.0 Å². The molecule has 30 heavy (non-hydrogen) atoms. The lowest BCUT2D eigenvalue weighted by molar-refractivity contribution is -0.115. The third-order valence-electron chi connectivity index (χ3n) is 4.49. The smallest absolute Gasteiger partial charge is 0.265 e. The summed E-state index contributed by atoms with van der Waals surface area (Å²) in [4.78, 5) is 37.0. The second-order valence-corrected chi connectivity index (χ2v) is 7.68. The minimum absolute atomic E-state index is 0.0462. The topological polar surface area (TPSA) is 87.3 Å². The van der Waals surface area contributed by atoms with Gasteiger partial charge in [-0.15, -0.1) is 11.3 Å². The normalized spacial score (nSPS) is 11.4. The van der Waals surface area contributed by atoms with Crippen molar-refractivity contribution in [2.24, 2.45) is 0 Å². The van der Waals surface area contributed by atoms with Crippen LogP contribution in [0.3, 0.4) is 0 Å². The Morgan fingerprint density at radius 2 is 1.67 bits per heavy atom. The molecule has 0 saturated heterocycles. The lowest BCUT2D eigenvalue weighted by Crippen LogP contribution is -2.26. The second kappa shape index (κ2) is 9.84. The average molecular weight is 422 g/mol. The monoisotopic (exact) mass is 421 g/mol. The highest BCUT2D eigenvalue weighted by Gasteiger charge is 2.13. The molecule has 1 atom stereocenters. The lowest BCUT2D eigenvalue weighted by Gasteiger charge is -2.15. The quantitative estimate of drug-likeness (QED) is 0.510. The molecule has 0 fully saturated rings. The predicted octanol–water partition coefficient (Wildman–Crippen LogP) is 4.84. The van der Waals surface area contributed by atoms with Crippen LogP contribution in [0.5, 0.6) is 0 Å². The number of carbonyl (C=O) groups is 3. The van der Waals surface area contributed by atoms with Crippen LogP contribution in [0.1, 0.15) is 51.9 Å². The molecule has 1 heterocycles. The Bertz CT molecular complexity index is 1030. The van der Waals surface area contributed by atoms with Crippen LogP contribution >= 0.6 is 11.3 Å². The van der Waals surface area contributed by atoms with Crippen LogP contribution in [-0.4, -0.2) is 17.7 Å². The Labute approximate surface area is 179 Å². The molecule has 0 radical (unpaired) electrons. The number of nitrogens with one attached hydrogen (secondary N) is 3. The molecule has 2 aromatic carbocycles. The highest BCUT2D eigenvalue weighted by molar-refractivity contribution is 7.12. The number of benzene rings is 2. The Kier molecular flexibility index (Phi) is 6.98. The summed E-state index contributed by atoms with van der Waals surface area (Å²) >= 11 is 1.36. The molecule has 154 valence electrons. The van der Waals surface area contributed by atoms with Gasteiger partial charge in [0.2, 0.25) is 5.91 Å². The summed E-state index contributed by atoms with van der Waals surface area (Å²) in [5.41, 5.74) is 2.65. The SMILES string of the molecule is CCC(=O)Nc1ccc(C(C)NC(=O)c2cccc(NC(=O)c3cccs3)c2)cc1. The van der Waals surface area contributed by atoms with E-state index in [0.717, 1.165) is 11.3 Å². The van der Waals surface area contributed by atoms with Gasteiger partial charge in [0.1, 0.15) is 0 Å². The number of anilines is 2. The molecule has 0 spiro atoms. The van der Waals surface area contributed by atoms with Crippen LogP contribution in [-0.2, 0) is 4.79 Å². The van der Waals surface area contributed by atoms with E-state index >= 15 is 0 Å². The molecule has 6 nitrogen and oxygen atoms in total. The molecule has 3 amide bonds. The first-order chi connectivity index (χ1) is 14.5. The number of hydrogen-bond acceptors (Lipinski definition) is 4. The molecule has 3 aromatic rings. The van der Waals surface area contributed by atoms with Gasteiger partial charge in [0, 0.05) is 23.4 Å². The van der Waals surface area contributed by atoms with Crippen molar-refractivity contribution in [2.45, 2.75) is 26.3 Å². The van der Waals surface area contributed by atoms with Crippen molar-refractivity contribution in [3.63, 3.8) is 0 Å². The van der Waals surface area contributed by atoms with Crippen molar-refractivity contribution in [3.05, 3.63) is 82.0 Å². The minimum Gasteiger partial charge on any atom is -0.346 e. The summed E-state index contributed by atoms with van der Waals surface area (Å²) in [5, 5.41) is 10.4. The molecule has 0 bridgehead atoms. The zero-order chi connectivity index (χ0) is 21.5. The molecular formula is C23H23N3O3S. The molecule has 0 aliphatic carbocycles. The van der Waals surface area contributed by atoms with Gasteiger partial charge in [-0.1, -0.05) is 31.2 Å². The summed E-state index contributed by atoms with van der Waals surface area (Å²) in [5.74, 6) is -0.487. The fourth-order valence-corrected chi connectivity index (χ4v) is 3.43. The van der Waals surface area contributed by atoms with Crippen LogP contribution < -0.4 is 16.0 Å². The Morgan fingerprint density at radius 3 is 2.33 bits per heavy atom. The van der Waals surface area contributed by atoms with Crippen molar-refractivity contribution >= 4 is 40.4 Å². The highest BCUT2D eigenvalue weighted by Crippen LogP contribution is 2.18. The molecular weight excluding hydrogens is 398 g/mol. The van der Waals surface area contributed by atoms with E-state index in [0.29, 0.717) is 22.5 Å². The largest absolute Gasteiger partial charge is 0.346 e. The highest BCUT2D eigenvalue weighted by atomic mass is 32.1. The van der Waals surface area contributed by atoms with E-state index in [9.17, 15) is 14.4 Å². The number of carbonyl (C=O) groups excluding carboxylic acids is 3. The summed E-state index contributed by atoms with van der Waals surface area (Å²) < 4.78 is 0. The first-order valence-electron chi connectivity index (χ1n) is 9.62. The van der Waals surface area contributed by atoms with Gasteiger partial charge >= 0.3 is 0 Å². The summed E-state index contributed by atoms with van der Waals surface area (Å²) in [6, 6.07) is 17.5. The van der Waals surface area contributed by atoms with Gasteiger partial charge < -0.3 is 16.0 Å². The van der Waals surface area contributed by atoms with Crippen LogP contribution in [0.15, 0.2) is 66.0 Å². The van der Waals surface area contributed by atoms with E-state index in [4.69, 9.17) is 0 Å². The van der Waals surface area contributed by atoms with Gasteiger partial charge in [0.25, 0.3) is 11.8 Å². The summed E-state index contributed by atoms with van der Waals surface area (Å²) in [6.07, 6.45) is 0.418. The van der Waals surface area contributed by atoms with E-state index in [1.54, 1.807) is 37.3 Å². The minimum atomic E-state index is -0.238. The zero-order valence-electron chi connectivity index (χ0n) is 16.8. The third kappa shape index (κ3) is 5.55. The van der Waals surface area contributed by atoms with E-state index in [1.807, 2.05) is 42.6 Å². The first kappa shape index (κ1) is 21.3. The molecule has 0 aliphatic heterocycles. The van der Waals surface area contributed by atoms with E-state index in [1.165, 1.54) is 11.3 Å². The standard InChI is InChI=1S/C23H23N3O3S/c1-3-21(27)25-18-11-9-16(10-12-18)15(2)24-22(28)17-6-4-7-19(14-17)26-23(29)20-8-5-13-30-20/h4-15H,3H2,1-2H3,(H,24,28)(H,25,27)(H,26,29). The first-order valence-corrected chi connectivity index (χ1v) is 10.5. The van der Waals surface area contributed by atoms with Gasteiger partial charge in [-0.3, -0.25) is 14.4 Å². The lowest BCUT2D eigenvalue weighted by atomic mass is 10.1. The molecule has 0 aliphatic rings. The molecule has 1 aromatic heterocycles. The predicted molar refractivity (Wildman–Crippen MR) is 120 cm³/mol. The molecule has 3 N–H and O–H groups in total. The summed E-state index contributed by atoms with van der Waals surface area (Å²) in [6.45, 7) is 3.68. The molecule has 3 rings (SSSR count). The molecule has 1 unspecified atom stereocenters. The van der Waals surface area contributed by atoms with Gasteiger partial charge in [0.15, 0.2) is 0 Å². The van der Waals surface area contributed by atoms with Crippen molar-refractivity contribution in [1.29, 1.82) is 0 Å². The Balaban J connectivity index is 1.62. The van der Waals surface area contributed by atoms with Crippen LogP contribution in [0.2, 0.25) is 0 Å². The van der Waals surface area contributed by atoms with E-state index < -0.39 is 0 Å². The number of amides is 3. The van der Waals surface area contributed by atoms with Gasteiger partial charge in [0.05, 0.1) is 10.9 Å². The fraction of sp³-hybridized carbons (Fsp3) is 0.174.